The Hall–Kier alpha value is -5.57. The van der Waals surface area contributed by atoms with Crippen molar-refractivity contribution in [1.82, 2.24) is 10.6 Å². The van der Waals surface area contributed by atoms with Crippen molar-refractivity contribution in [2.45, 2.75) is 92.4 Å². The third-order valence-electron chi connectivity index (χ3n) is 12.1. The Morgan fingerprint density at radius 3 is 1.23 bits per heavy atom. The standard InChI is InChI=1S/C56H60N2O4S2/c1-2-26-49-39-24-4-3-5-25-40-52(59)57-50(41-63-55(43-27-12-6-13-28-43,44-29-14-7-15-30-44)45-31-16-8-17-32-45)53(60)58-51(54(61)62-49)42-64-56(46-33-18-9-19-34-46,47-35-20-10-21-36-47)48-37-22-11-23-38-48/h6-23,27-38,49-51H,2-5,24-26,39-42H2,1H3,(H,57,59)(H,58,60). The number of esters is 1. The molecule has 0 aliphatic carbocycles. The maximum absolute atomic E-state index is 15.1. The fourth-order valence-electron chi connectivity index (χ4n) is 8.86. The van der Waals surface area contributed by atoms with Crippen molar-refractivity contribution in [3.8, 4) is 0 Å². The van der Waals surface area contributed by atoms with E-state index in [-0.39, 0.29) is 23.5 Å². The number of benzene rings is 6. The SMILES string of the molecule is CCCC1CCCCCCCC(=O)NC(CSC(c2ccccc2)(c2ccccc2)c2ccccc2)C(=O)NC(CSC(c2ccccc2)(c2ccccc2)c2ccccc2)C(=O)O1. The molecule has 0 spiro atoms. The van der Waals surface area contributed by atoms with Gasteiger partial charge in [0.2, 0.25) is 11.8 Å². The molecule has 2 amide bonds. The normalized spacial score (nSPS) is 18.3. The Labute approximate surface area is 388 Å². The van der Waals surface area contributed by atoms with Gasteiger partial charge in [-0.05, 0) is 59.1 Å². The lowest BCUT2D eigenvalue weighted by Crippen LogP contribution is -2.54. The van der Waals surface area contributed by atoms with Crippen LogP contribution in [0.4, 0.5) is 0 Å². The minimum Gasteiger partial charge on any atom is -0.461 e. The zero-order chi connectivity index (χ0) is 44.5. The molecule has 1 aliphatic rings. The van der Waals surface area contributed by atoms with Crippen molar-refractivity contribution in [3.05, 3.63) is 215 Å². The molecule has 7 rings (SSSR count). The van der Waals surface area contributed by atoms with Crippen LogP contribution >= 0.6 is 23.5 Å². The molecule has 0 saturated carbocycles. The number of nitrogens with one attached hydrogen (secondary N) is 2. The minimum atomic E-state index is -1.02. The first-order valence-corrected chi connectivity index (χ1v) is 24.8. The summed E-state index contributed by atoms with van der Waals surface area (Å²) in [7, 11) is 0. The zero-order valence-electron chi connectivity index (χ0n) is 36.8. The molecular formula is C56H60N2O4S2. The zero-order valence-corrected chi connectivity index (χ0v) is 38.4. The third-order valence-corrected chi connectivity index (χ3v) is 15.4. The molecule has 3 unspecified atom stereocenters. The van der Waals surface area contributed by atoms with Crippen molar-refractivity contribution in [1.29, 1.82) is 0 Å². The van der Waals surface area contributed by atoms with Crippen LogP contribution in [0.1, 0.15) is 98.1 Å². The Morgan fingerprint density at radius 2 is 0.844 bits per heavy atom. The van der Waals surface area contributed by atoms with Crippen molar-refractivity contribution < 1.29 is 19.1 Å². The largest absolute Gasteiger partial charge is 0.461 e. The van der Waals surface area contributed by atoms with Crippen LogP contribution in [0.5, 0.6) is 0 Å². The molecule has 64 heavy (non-hydrogen) atoms. The van der Waals surface area contributed by atoms with Gasteiger partial charge in [0.05, 0.1) is 9.49 Å². The van der Waals surface area contributed by atoms with Crippen molar-refractivity contribution in [2.75, 3.05) is 11.5 Å². The van der Waals surface area contributed by atoms with Gasteiger partial charge in [0, 0.05) is 17.9 Å². The topological polar surface area (TPSA) is 84.5 Å². The molecule has 6 aromatic rings. The number of hydrogen-bond donors (Lipinski definition) is 2. The van der Waals surface area contributed by atoms with Crippen LogP contribution in [0.2, 0.25) is 0 Å². The minimum absolute atomic E-state index is 0.176. The maximum Gasteiger partial charge on any atom is 0.329 e. The summed E-state index contributed by atoms with van der Waals surface area (Å²) in [5, 5.41) is 6.36. The second kappa shape index (κ2) is 23.4. The van der Waals surface area contributed by atoms with Crippen molar-refractivity contribution in [3.63, 3.8) is 0 Å². The van der Waals surface area contributed by atoms with E-state index in [0.717, 1.165) is 84.7 Å². The van der Waals surface area contributed by atoms with Crippen LogP contribution < -0.4 is 10.6 Å². The van der Waals surface area contributed by atoms with E-state index < -0.39 is 33.5 Å². The van der Waals surface area contributed by atoms with E-state index in [2.05, 4.69) is 90.4 Å². The number of ether oxygens (including phenoxy) is 1. The van der Waals surface area contributed by atoms with Crippen LogP contribution in [-0.2, 0) is 28.6 Å². The van der Waals surface area contributed by atoms with Gasteiger partial charge in [-0.3, -0.25) is 9.59 Å². The van der Waals surface area contributed by atoms with Crippen LogP contribution in [0.3, 0.4) is 0 Å². The lowest BCUT2D eigenvalue weighted by molar-refractivity contribution is -0.153. The average molecular weight is 889 g/mol. The monoisotopic (exact) mass is 888 g/mol. The summed E-state index contributed by atoms with van der Waals surface area (Å²) >= 11 is 3.22. The van der Waals surface area contributed by atoms with Gasteiger partial charge in [0.15, 0.2) is 0 Å². The molecular weight excluding hydrogens is 829 g/mol. The van der Waals surface area contributed by atoms with Crippen LogP contribution in [-0.4, -0.2) is 47.5 Å². The van der Waals surface area contributed by atoms with E-state index in [0.29, 0.717) is 6.42 Å². The number of thioether (sulfide) groups is 2. The summed E-state index contributed by atoms with van der Waals surface area (Å²) in [4.78, 5) is 43.7. The Balaban J connectivity index is 1.28. The molecule has 0 bridgehead atoms. The van der Waals surface area contributed by atoms with E-state index in [9.17, 15) is 9.59 Å². The van der Waals surface area contributed by atoms with Crippen LogP contribution in [0, 0.1) is 0 Å². The lowest BCUT2D eigenvalue weighted by atomic mass is 9.84. The highest BCUT2D eigenvalue weighted by molar-refractivity contribution is 8.01. The average Bonchev–Trinajstić information content (AvgIpc) is 3.35. The molecule has 0 radical (unpaired) electrons. The molecule has 6 nitrogen and oxygen atoms in total. The van der Waals surface area contributed by atoms with E-state index in [1.54, 1.807) is 23.5 Å². The second-order valence-electron chi connectivity index (χ2n) is 16.5. The van der Waals surface area contributed by atoms with E-state index >= 15 is 4.79 Å². The van der Waals surface area contributed by atoms with Gasteiger partial charge < -0.3 is 15.4 Å². The fraction of sp³-hybridized carbons (Fsp3) is 0.304. The van der Waals surface area contributed by atoms with E-state index in [1.807, 2.05) is 109 Å². The highest BCUT2D eigenvalue weighted by Crippen LogP contribution is 2.50. The first-order valence-electron chi connectivity index (χ1n) is 22.9. The molecule has 6 aromatic carbocycles. The number of carbonyl (C=O) groups excluding carboxylic acids is 3. The summed E-state index contributed by atoms with van der Waals surface area (Å²) in [5.41, 5.74) is 6.31. The number of hydrogen-bond acceptors (Lipinski definition) is 6. The summed E-state index contributed by atoms with van der Waals surface area (Å²) < 4.78 is 4.95. The third kappa shape index (κ3) is 11.4. The van der Waals surface area contributed by atoms with E-state index in [4.69, 9.17) is 4.74 Å². The van der Waals surface area contributed by atoms with Crippen LogP contribution in [0.15, 0.2) is 182 Å². The molecule has 1 fully saturated rings. The Bertz CT molecular complexity index is 2140. The molecule has 1 saturated heterocycles. The molecule has 330 valence electrons. The van der Waals surface area contributed by atoms with Gasteiger partial charge in [0.25, 0.3) is 0 Å². The van der Waals surface area contributed by atoms with Gasteiger partial charge in [-0.15, -0.1) is 23.5 Å². The van der Waals surface area contributed by atoms with E-state index in [1.165, 1.54) is 0 Å². The summed E-state index contributed by atoms with van der Waals surface area (Å²) in [6.07, 6.45) is 7.03. The van der Waals surface area contributed by atoms with Crippen LogP contribution in [0.25, 0.3) is 0 Å². The van der Waals surface area contributed by atoms with Crippen molar-refractivity contribution in [2.24, 2.45) is 0 Å². The molecule has 1 heterocycles. The summed E-state index contributed by atoms with van der Waals surface area (Å²) in [6, 6.07) is 60.1. The van der Waals surface area contributed by atoms with Gasteiger partial charge in [0.1, 0.15) is 18.2 Å². The maximum atomic E-state index is 15.1. The number of amides is 2. The molecule has 3 atom stereocenters. The first-order chi connectivity index (χ1) is 31.4. The number of carbonyl (C=O) groups is 3. The second-order valence-corrected chi connectivity index (χ2v) is 19.0. The summed E-state index contributed by atoms with van der Waals surface area (Å²) in [6.45, 7) is 2.11. The van der Waals surface area contributed by atoms with Gasteiger partial charge in [-0.25, -0.2) is 4.79 Å². The molecule has 8 heteroatoms. The Morgan fingerprint density at radius 1 is 0.484 bits per heavy atom. The highest BCUT2D eigenvalue weighted by Gasteiger charge is 2.41. The van der Waals surface area contributed by atoms with Gasteiger partial charge in [-0.2, -0.15) is 0 Å². The van der Waals surface area contributed by atoms with Gasteiger partial charge >= 0.3 is 5.97 Å². The lowest BCUT2D eigenvalue weighted by Gasteiger charge is -2.37. The summed E-state index contributed by atoms with van der Waals surface area (Å²) in [5.74, 6) is -0.621. The fourth-order valence-corrected chi connectivity index (χ4v) is 12.0. The molecule has 0 aromatic heterocycles. The first kappa shape index (κ1) is 46.4. The molecule has 1 aliphatic heterocycles. The van der Waals surface area contributed by atoms with Crippen molar-refractivity contribution >= 4 is 41.3 Å². The predicted octanol–water partition coefficient (Wildman–Crippen LogP) is 11.9. The smallest absolute Gasteiger partial charge is 0.329 e. The Kier molecular flexibility index (Phi) is 17.0. The highest BCUT2D eigenvalue weighted by atomic mass is 32.2. The molecule has 2 N–H and O–H groups in total. The van der Waals surface area contributed by atoms with Gasteiger partial charge in [-0.1, -0.05) is 215 Å². The number of cyclic esters (lactones) is 1. The number of rotatable bonds is 14. The predicted molar refractivity (Wildman–Crippen MR) is 264 cm³/mol. The quantitative estimate of drug-likeness (QED) is 0.0837.